The summed E-state index contributed by atoms with van der Waals surface area (Å²) in [5.74, 6) is 0.397. The van der Waals surface area contributed by atoms with E-state index in [9.17, 15) is 10.2 Å². The predicted octanol–water partition coefficient (Wildman–Crippen LogP) is 9.48. The number of hydrogen-bond acceptors (Lipinski definition) is 4. The molecule has 0 aliphatic carbocycles. The van der Waals surface area contributed by atoms with Crippen molar-refractivity contribution in [3.8, 4) is 22.6 Å². The van der Waals surface area contributed by atoms with E-state index in [1.807, 2.05) is 48.5 Å². The predicted molar refractivity (Wildman–Crippen MR) is 169 cm³/mol. The Balaban J connectivity index is 1.81. The van der Waals surface area contributed by atoms with Crippen molar-refractivity contribution in [3.05, 3.63) is 106 Å². The van der Waals surface area contributed by atoms with Crippen molar-refractivity contribution in [2.75, 3.05) is 0 Å². The Morgan fingerprint density at radius 3 is 1.27 bits per heavy atom. The van der Waals surface area contributed by atoms with E-state index in [4.69, 9.17) is 9.98 Å². The number of aromatic hydroxyl groups is 2. The number of aliphatic imine (C=N–C) groups is 2. The normalized spacial score (nSPS) is 12.5. The fourth-order valence-corrected chi connectivity index (χ4v) is 4.70. The van der Waals surface area contributed by atoms with Gasteiger partial charge in [0.2, 0.25) is 0 Å². The van der Waals surface area contributed by atoms with Gasteiger partial charge in [0.1, 0.15) is 11.5 Å². The SMILES string of the molecule is Cc1cccc(N=Cc2cc(C(C)(C)C)ccc2O)c1-c1c(C)cccc1N=Cc1cc(C(C)(C)C)ccc1O. The smallest absolute Gasteiger partial charge is 0.124 e. The molecule has 0 atom stereocenters. The summed E-state index contributed by atoms with van der Waals surface area (Å²) in [5, 5.41) is 21.1. The highest BCUT2D eigenvalue weighted by atomic mass is 16.3. The van der Waals surface area contributed by atoms with E-state index in [1.165, 1.54) is 0 Å². The molecule has 0 spiro atoms. The van der Waals surface area contributed by atoms with Crippen molar-refractivity contribution in [2.24, 2.45) is 9.98 Å². The number of rotatable bonds is 5. The van der Waals surface area contributed by atoms with Gasteiger partial charge in [0.15, 0.2) is 0 Å². The molecule has 0 aromatic heterocycles. The number of hydrogen-bond donors (Lipinski definition) is 2. The van der Waals surface area contributed by atoms with E-state index in [-0.39, 0.29) is 22.3 Å². The minimum Gasteiger partial charge on any atom is -0.507 e. The van der Waals surface area contributed by atoms with E-state index in [0.717, 1.165) is 44.8 Å². The van der Waals surface area contributed by atoms with Crippen molar-refractivity contribution in [2.45, 2.75) is 66.2 Å². The summed E-state index contributed by atoms with van der Waals surface area (Å²) < 4.78 is 0. The van der Waals surface area contributed by atoms with Crippen LogP contribution in [0.3, 0.4) is 0 Å². The van der Waals surface area contributed by atoms with Gasteiger partial charge < -0.3 is 10.2 Å². The first kappa shape index (κ1) is 28.8. The van der Waals surface area contributed by atoms with E-state index >= 15 is 0 Å². The van der Waals surface area contributed by atoms with Gasteiger partial charge in [-0.2, -0.15) is 0 Å². The third kappa shape index (κ3) is 6.34. The average Bonchev–Trinajstić information content (AvgIpc) is 2.87. The van der Waals surface area contributed by atoms with Crippen molar-refractivity contribution in [1.82, 2.24) is 0 Å². The Kier molecular flexibility index (Phi) is 8.02. The molecule has 0 saturated carbocycles. The van der Waals surface area contributed by atoms with Crippen molar-refractivity contribution in [3.63, 3.8) is 0 Å². The molecular formula is C36H40N2O2. The number of benzene rings is 4. The highest BCUT2D eigenvalue weighted by Gasteiger charge is 2.18. The monoisotopic (exact) mass is 532 g/mol. The third-order valence-electron chi connectivity index (χ3n) is 7.22. The van der Waals surface area contributed by atoms with Crippen LogP contribution in [0.5, 0.6) is 11.5 Å². The molecule has 4 aromatic carbocycles. The van der Waals surface area contributed by atoms with Gasteiger partial charge in [0, 0.05) is 34.7 Å². The van der Waals surface area contributed by atoms with Crippen LogP contribution in [0.25, 0.3) is 11.1 Å². The molecule has 40 heavy (non-hydrogen) atoms. The molecule has 0 saturated heterocycles. The Morgan fingerprint density at radius 1 is 0.550 bits per heavy atom. The van der Waals surface area contributed by atoms with Gasteiger partial charge in [-0.25, -0.2) is 0 Å². The van der Waals surface area contributed by atoms with Crippen molar-refractivity contribution in [1.29, 1.82) is 0 Å². The molecule has 0 unspecified atom stereocenters. The van der Waals surface area contributed by atoms with Crippen LogP contribution in [0.4, 0.5) is 11.4 Å². The summed E-state index contributed by atoms with van der Waals surface area (Å²) in [6, 6.07) is 23.5. The maximum atomic E-state index is 10.5. The number of phenolic OH excluding ortho intramolecular Hbond substituents is 2. The molecule has 0 heterocycles. The molecular weight excluding hydrogens is 492 g/mol. The zero-order valence-corrected chi connectivity index (χ0v) is 24.9. The third-order valence-corrected chi connectivity index (χ3v) is 7.22. The molecule has 0 bridgehead atoms. The molecule has 2 N–H and O–H groups in total. The zero-order chi connectivity index (χ0) is 29.2. The first-order valence-corrected chi connectivity index (χ1v) is 13.7. The molecule has 0 fully saturated rings. The van der Waals surface area contributed by atoms with Crippen LogP contribution < -0.4 is 0 Å². The molecule has 4 heteroatoms. The number of phenols is 2. The number of aryl methyl sites for hydroxylation is 2. The van der Waals surface area contributed by atoms with Crippen LogP contribution in [0.2, 0.25) is 0 Å². The summed E-state index contributed by atoms with van der Waals surface area (Å²) in [7, 11) is 0. The molecule has 4 rings (SSSR count). The Labute approximate surface area is 238 Å². The molecule has 0 aliphatic heterocycles. The van der Waals surface area contributed by atoms with Crippen molar-refractivity contribution < 1.29 is 10.2 Å². The Hall–Kier alpha value is -4.18. The lowest BCUT2D eigenvalue weighted by atomic mass is 9.86. The van der Waals surface area contributed by atoms with Gasteiger partial charge >= 0.3 is 0 Å². The van der Waals surface area contributed by atoms with Crippen LogP contribution in [-0.2, 0) is 10.8 Å². The molecule has 0 aliphatic rings. The lowest BCUT2D eigenvalue weighted by Gasteiger charge is -2.20. The second-order valence-corrected chi connectivity index (χ2v) is 12.5. The highest BCUT2D eigenvalue weighted by Crippen LogP contribution is 2.41. The van der Waals surface area contributed by atoms with E-state index in [2.05, 4.69) is 67.5 Å². The fraction of sp³-hybridized carbons (Fsp3) is 0.278. The molecule has 0 radical (unpaired) electrons. The second-order valence-electron chi connectivity index (χ2n) is 12.5. The standard InChI is InChI=1S/C36H40N2O2/c1-23-11-9-13-29(37-21-25-19-27(35(3,4)5)15-17-31(25)39)33(23)34-24(2)12-10-14-30(34)38-22-26-20-28(36(6,7)8)16-18-32(26)40/h9-22,39-40H,1-8H3. The van der Waals surface area contributed by atoms with E-state index in [0.29, 0.717) is 11.1 Å². The second kappa shape index (κ2) is 11.1. The first-order chi connectivity index (χ1) is 18.8. The molecule has 0 amide bonds. The van der Waals surface area contributed by atoms with E-state index < -0.39 is 0 Å². The van der Waals surface area contributed by atoms with Gasteiger partial charge in [-0.05, 0) is 83.3 Å². The fourth-order valence-electron chi connectivity index (χ4n) is 4.70. The summed E-state index contributed by atoms with van der Waals surface area (Å²) in [6.45, 7) is 17.1. The van der Waals surface area contributed by atoms with Crippen LogP contribution in [-0.4, -0.2) is 22.6 Å². The summed E-state index contributed by atoms with van der Waals surface area (Å²) in [6.07, 6.45) is 3.47. The minimum absolute atomic E-state index is 0.0420. The first-order valence-electron chi connectivity index (χ1n) is 13.7. The highest BCUT2D eigenvalue weighted by molar-refractivity contribution is 5.94. The van der Waals surface area contributed by atoms with Gasteiger partial charge in [-0.3, -0.25) is 9.98 Å². The Morgan fingerprint density at radius 2 is 0.925 bits per heavy atom. The van der Waals surface area contributed by atoms with Crippen LogP contribution in [0, 0.1) is 13.8 Å². The lowest BCUT2D eigenvalue weighted by molar-refractivity contribution is 0.472. The van der Waals surface area contributed by atoms with Crippen LogP contribution >= 0.6 is 0 Å². The maximum Gasteiger partial charge on any atom is 0.124 e. The van der Waals surface area contributed by atoms with Gasteiger partial charge in [-0.15, -0.1) is 0 Å². The Bertz CT molecular complexity index is 1480. The summed E-state index contributed by atoms with van der Waals surface area (Å²) >= 11 is 0. The van der Waals surface area contributed by atoms with Crippen LogP contribution in [0.15, 0.2) is 82.8 Å². The van der Waals surface area contributed by atoms with E-state index in [1.54, 1.807) is 24.6 Å². The molecule has 4 nitrogen and oxygen atoms in total. The van der Waals surface area contributed by atoms with Gasteiger partial charge in [0.05, 0.1) is 11.4 Å². The van der Waals surface area contributed by atoms with Crippen molar-refractivity contribution >= 4 is 23.8 Å². The summed E-state index contributed by atoms with van der Waals surface area (Å²) in [5.41, 5.74) is 9.25. The maximum absolute atomic E-state index is 10.5. The quantitative estimate of drug-likeness (QED) is 0.251. The topological polar surface area (TPSA) is 65.2 Å². The minimum atomic E-state index is -0.0420. The van der Waals surface area contributed by atoms with Gasteiger partial charge in [0.25, 0.3) is 0 Å². The zero-order valence-electron chi connectivity index (χ0n) is 24.9. The largest absolute Gasteiger partial charge is 0.507 e. The molecule has 206 valence electrons. The van der Waals surface area contributed by atoms with Gasteiger partial charge in [-0.1, -0.05) is 77.9 Å². The average molecular weight is 533 g/mol. The number of nitrogens with zero attached hydrogens (tertiary/aromatic N) is 2. The lowest BCUT2D eigenvalue weighted by Crippen LogP contribution is -2.11. The molecule has 4 aromatic rings. The van der Waals surface area contributed by atoms with Crippen LogP contribution in [0.1, 0.15) is 74.9 Å². The summed E-state index contributed by atoms with van der Waals surface area (Å²) in [4.78, 5) is 9.75.